The highest BCUT2D eigenvalue weighted by Gasteiger charge is 2.20. The van der Waals surface area contributed by atoms with Crippen molar-refractivity contribution in [2.45, 2.75) is 0 Å². The van der Waals surface area contributed by atoms with Crippen LogP contribution in [0.1, 0.15) is 0 Å². The molecule has 0 aliphatic heterocycles. The molecule has 0 fully saturated rings. The quantitative estimate of drug-likeness (QED) is 0.210. The van der Waals surface area contributed by atoms with Crippen molar-refractivity contribution >= 4 is 81.3 Å². The van der Waals surface area contributed by atoms with Gasteiger partial charge in [-0.05, 0) is 64.4 Å². The maximum absolute atomic E-state index is 6.58. The molecule has 0 aliphatic rings. The van der Waals surface area contributed by atoms with Gasteiger partial charge in [-0.15, -0.1) is 11.3 Å². The van der Waals surface area contributed by atoms with E-state index < -0.39 is 0 Å². The zero-order chi connectivity index (χ0) is 28.3. The summed E-state index contributed by atoms with van der Waals surface area (Å²) in [5, 5.41) is 7.33. The highest BCUT2D eigenvalue weighted by atomic mass is 32.1. The van der Waals surface area contributed by atoms with Crippen molar-refractivity contribution in [1.29, 1.82) is 0 Å². The number of hydrogen-bond acceptors (Lipinski definition) is 3. The van der Waals surface area contributed by atoms with Crippen LogP contribution in [0, 0.1) is 0 Å². The Morgan fingerprint density at radius 1 is 0.465 bits per heavy atom. The number of hydrogen-bond donors (Lipinski definition) is 0. The van der Waals surface area contributed by atoms with Crippen LogP contribution in [0.4, 0.5) is 17.1 Å². The Balaban J connectivity index is 1.30. The fourth-order valence-electron chi connectivity index (χ4n) is 6.48. The molecule has 0 bridgehead atoms. The molecule has 0 saturated carbocycles. The van der Waals surface area contributed by atoms with E-state index in [2.05, 4.69) is 144 Å². The molecule has 0 unspecified atom stereocenters. The molecule has 0 spiro atoms. The van der Waals surface area contributed by atoms with E-state index in [0.717, 1.165) is 39.0 Å². The molecule has 9 rings (SSSR count). The molecule has 0 aliphatic carbocycles. The highest BCUT2D eigenvalue weighted by molar-refractivity contribution is 7.25. The van der Waals surface area contributed by atoms with Crippen LogP contribution in [0.5, 0.6) is 0 Å². The minimum Gasteiger partial charge on any atom is -0.454 e. The maximum Gasteiger partial charge on any atom is 0.159 e. The van der Waals surface area contributed by atoms with Crippen LogP contribution in [-0.4, -0.2) is 0 Å². The van der Waals surface area contributed by atoms with E-state index in [-0.39, 0.29) is 0 Å². The second kappa shape index (κ2) is 9.59. The van der Waals surface area contributed by atoms with Gasteiger partial charge >= 0.3 is 0 Å². The summed E-state index contributed by atoms with van der Waals surface area (Å²) >= 11 is 1.84. The van der Waals surface area contributed by atoms with E-state index in [4.69, 9.17) is 4.42 Å². The van der Waals surface area contributed by atoms with Gasteiger partial charge in [-0.25, -0.2) is 0 Å². The third kappa shape index (κ3) is 3.86. The van der Waals surface area contributed by atoms with Crippen molar-refractivity contribution in [3.8, 4) is 11.1 Å². The highest BCUT2D eigenvalue weighted by Crippen LogP contribution is 2.45. The second-order valence-corrected chi connectivity index (χ2v) is 12.0. The molecule has 9 aromatic rings. The molecule has 0 saturated heterocycles. The van der Waals surface area contributed by atoms with Gasteiger partial charge < -0.3 is 9.32 Å². The predicted molar refractivity (Wildman–Crippen MR) is 184 cm³/mol. The van der Waals surface area contributed by atoms with Gasteiger partial charge in [0.1, 0.15) is 5.58 Å². The average Bonchev–Trinajstić information content (AvgIpc) is 3.63. The molecule has 3 heteroatoms. The maximum atomic E-state index is 6.58. The van der Waals surface area contributed by atoms with E-state index in [1.807, 2.05) is 23.5 Å². The second-order valence-electron chi connectivity index (χ2n) is 10.9. The first-order valence-corrected chi connectivity index (χ1v) is 15.3. The van der Waals surface area contributed by atoms with Crippen LogP contribution in [0.25, 0.3) is 64.0 Å². The molecule has 7 aromatic carbocycles. The molecule has 0 amide bonds. The molecule has 2 aromatic heterocycles. The van der Waals surface area contributed by atoms with E-state index in [0.29, 0.717) is 0 Å². The third-order valence-electron chi connectivity index (χ3n) is 8.45. The average molecular weight is 568 g/mol. The topological polar surface area (TPSA) is 16.4 Å². The standard InChI is InChI=1S/C40H25NOS/c1-2-14-30-26(10-1)11-8-17-31(30)27-12-7-13-28(24-27)41(29-22-23-34-33-16-4-6-21-38(33)43-39(34)25-29)36-19-9-18-35-32-15-3-5-20-37(32)42-40(35)36/h1-25H. The number of rotatable bonds is 4. The van der Waals surface area contributed by atoms with Crippen molar-refractivity contribution in [3.63, 3.8) is 0 Å². The Hall–Kier alpha value is -5.38. The van der Waals surface area contributed by atoms with E-state index in [1.54, 1.807) is 0 Å². The van der Waals surface area contributed by atoms with Crippen LogP contribution in [-0.2, 0) is 0 Å². The van der Waals surface area contributed by atoms with E-state index in [1.165, 1.54) is 42.1 Å². The molecule has 202 valence electrons. The summed E-state index contributed by atoms with van der Waals surface area (Å²) in [6.07, 6.45) is 0. The summed E-state index contributed by atoms with van der Waals surface area (Å²) in [6, 6.07) is 54.3. The molecule has 2 nitrogen and oxygen atoms in total. The first-order valence-electron chi connectivity index (χ1n) is 14.5. The van der Waals surface area contributed by atoms with Crippen LogP contribution >= 0.6 is 11.3 Å². The molecule has 2 heterocycles. The summed E-state index contributed by atoms with van der Waals surface area (Å²) < 4.78 is 9.15. The zero-order valence-corrected chi connectivity index (χ0v) is 24.0. The van der Waals surface area contributed by atoms with Crippen molar-refractivity contribution < 1.29 is 4.42 Å². The van der Waals surface area contributed by atoms with E-state index >= 15 is 0 Å². The lowest BCUT2D eigenvalue weighted by molar-refractivity contribution is 0.669. The molecular formula is C40H25NOS. The zero-order valence-electron chi connectivity index (χ0n) is 23.2. The van der Waals surface area contributed by atoms with Gasteiger partial charge in [-0.2, -0.15) is 0 Å². The lowest BCUT2D eigenvalue weighted by Gasteiger charge is -2.26. The van der Waals surface area contributed by atoms with Gasteiger partial charge in [0.2, 0.25) is 0 Å². The number of thiophene rings is 1. The number of anilines is 3. The van der Waals surface area contributed by atoms with Gasteiger partial charge in [0, 0.05) is 42.3 Å². The predicted octanol–water partition coefficient (Wildman–Crippen LogP) is 12.2. The Morgan fingerprint density at radius 2 is 1.16 bits per heavy atom. The summed E-state index contributed by atoms with van der Waals surface area (Å²) in [7, 11) is 0. The van der Waals surface area contributed by atoms with Crippen molar-refractivity contribution in [1.82, 2.24) is 0 Å². The van der Waals surface area contributed by atoms with Crippen LogP contribution < -0.4 is 4.90 Å². The number of fused-ring (bicyclic) bond motifs is 7. The minimum absolute atomic E-state index is 0.885. The molecule has 0 N–H and O–H groups in total. The van der Waals surface area contributed by atoms with Crippen LogP contribution in [0.3, 0.4) is 0 Å². The van der Waals surface area contributed by atoms with Gasteiger partial charge in [0.15, 0.2) is 5.58 Å². The SMILES string of the molecule is c1cc(-c2cccc3ccccc23)cc(N(c2ccc3c(c2)sc2ccccc23)c2cccc3c2oc2ccccc23)c1. The van der Waals surface area contributed by atoms with Crippen molar-refractivity contribution in [3.05, 3.63) is 152 Å². The largest absolute Gasteiger partial charge is 0.454 e. The van der Waals surface area contributed by atoms with Gasteiger partial charge in [0.25, 0.3) is 0 Å². The number of benzene rings is 7. The lowest BCUT2D eigenvalue weighted by atomic mass is 9.97. The number of nitrogens with zero attached hydrogens (tertiary/aromatic N) is 1. The fourth-order valence-corrected chi connectivity index (χ4v) is 7.62. The Morgan fingerprint density at radius 3 is 2.12 bits per heavy atom. The summed E-state index contributed by atoms with van der Waals surface area (Å²) in [6.45, 7) is 0. The van der Waals surface area contributed by atoms with Gasteiger partial charge in [-0.3, -0.25) is 0 Å². The first kappa shape index (κ1) is 24.2. The Bertz CT molecular complexity index is 2480. The van der Waals surface area contributed by atoms with E-state index in [9.17, 15) is 0 Å². The minimum atomic E-state index is 0.885. The summed E-state index contributed by atoms with van der Waals surface area (Å²) in [5.41, 5.74) is 7.39. The number of para-hydroxylation sites is 2. The molecular weight excluding hydrogens is 543 g/mol. The molecule has 0 atom stereocenters. The number of furan rings is 1. The first-order chi connectivity index (χ1) is 21.3. The van der Waals surface area contributed by atoms with Gasteiger partial charge in [-0.1, -0.05) is 109 Å². The van der Waals surface area contributed by atoms with Crippen LogP contribution in [0.15, 0.2) is 156 Å². The summed E-state index contributed by atoms with van der Waals surface area (Å²) in [5.74, 6) is 0. The van der Waals surface area contributed by atoms with Crippen LogP contribution in [0.2, 0.25) is 0 Å². The van der Waals surface area contributed by atoms with Crippen molar-refractivity contribution in [2.24, 2.45) is 0 Å². The van der Waals surface area contributed by atoms with Crippen molar-refractivity contribution in [2.75, 3.05) is 4.90 Å². The smallest absolute Gasteiger partial charge is 0.159 e. The monoisotopic (exact) mass is 567 g/mol. The molecule has 43 heavy (non-hydrogen) atoms. The fraction of sp³-hybridized carbons (Fsp3) is 0. The van der Waals surface area contributed by atoms with Gasteiger partial charge in [0.05, 0.1) is 5.69 Å². The lowest BCUT2D eigenvalue weighted by Crippen LogP contribution is -2.10. The normalized spacial score (nSPS) is 11.7. The summed E-state index contributed by atoms with van der Waals surface area (Å²) in [4.78, 5) is 2.35. The Kier molecular flexibility index (Phi) is 5.40. The molecule has 0 radical (unpaired) electrons. The third-order valence-corrected chi connectivity index (χ3v) is 9.58. The Labute approximate surface area is 252 Å².